The molecule has 0 amide bonds. The van der Waals surface area contributed by atoms with Crippen LogP contribution < -0.4 is 5.32 Å². The lowest BCUT2D eigenvalue weighted by Crippen LogP contribution is -1.99. The van der Waals surface area contributed by atoms with Crippen molar-refractivity contribution in [3.8, 4) is 0 Å². The van der Waals surface area contributed by atoms with E-state index in [1.807, 2.05) is 6.92 Å². The normalized spacial score (nSPS) is 11.0. The molecule has 2 aromatic heterocycles. The zero-order valence-electron chi connectivity index (χ0n) is 10.9. The monoisotopic (exact) mass is 275 g/mol. The molecule has 1 aromatic carbocycles. The largest absolute Gasteiger partial charge is 0.337 e. The van der Waals surface area contributed by atoms with Crippen LogP contribution in [0, 0.1) is 18.6 Å². The van der Waals surface area contributed by atoms with Gasteiger partial charge in [0.05, 0.1) is 16.8 Å². The maximum absolute atomic E-state index is 13.7. The van der Waals surface area contributed by atoms with E-state index in [4.69, 9.17) is 0 Å². The molecule has 0 aliphatic carbocycles. The quantitative estimate of drug-likeness (QED) is 0.781. The van der Waals surface area contributed by atoms with Gasteiger partial charge in [-0.2, -0.15) is 5.10 Å². The van der Waals surface area contributed by atoms with Gasteiger partial charge in [0.25, 0.3) is 0 Å². The molecule has 3 rings (SSSR count). The van der Waals surface area contributed by atoms with Gasteiger partial charge in [-0.3, -0.25) is 4.68 Å². The predicted octanol–water partition coefficient (Wildman–Crippen LogP) is 2.69. The van der Waals surface area contributed by atoms with Gasteiger partial charge in [-0.25, -0.2) is 18.7 Å². The van der Waals surface area contributed by atoms with Gasteiger partial charge in [0, 0.05) is 13.1 Å². The van der Waals surface area contributed by atoms with Crippen LogP contribution in [0.1, 0.15) is 5.69 Å². The zero-order valence-corrected chi connectivity index (χ0v) is 10.9. The van der Waals surface area contributed by atoms with E-state index in [0.717, 1.165) is 11.8 Å². The van der Waals surface area contributed by atoms with Crippen LogP contribution in [-0.4, -0.2) is 19.7 Å². The van der Waals surface area contributed by atoms with Crippen molar-refractivity contribution in [2.75, 3.05) is 5.32 Å². The molecule has 0 saturated heterocycles. The summed E-state index contributed by atoms with van der Waals surface area (Å²) >= 11 is 0. The molecule has 1 N–H and O–H groups in total. The van der Waals surface area contributed by atoms with E-state index < -0.39 is 11.6 Å². The lowest BCUT2D eigenvalue weighted by Gasteiger charge is -2.07. The van der Waals surface area contributed by atoms with Crippen LogP contribution in [0.4, 0.5) is 20.3 Å². The molecular formula is C13H11F2N5. The van der Waals surface area contributed by atoms with E-state index in [9.17, 15) is 8.78 Å². The van der Waals surface area contributed by atoms with Gasteiger partial charge in [0.15, 0.2) is 5.65 Å². The number of aromatic nitrogens is 4. The summed E-state index contributed by atoms with van der Waals surface area (Å²) in [6, 6.07) is 3.32. The molecule has 0 unspecified atom stereocenters. The number of halogens is 2. The maximum Gasteiger partial charge on any atom is 0.163 e. The van der Waals surface area contributed by atoms with Gasteiger partial charge in [-0.1, -0.05) is 0 Å². The number of benzene rings is 1. The highest BCUT2D eigenvalue weighted by molar-refractivity contribution is 5.90. The van der Waals surface area contributed by atoms with E-state index in [0.29, 0.717) is 16.9 Å². The highest BCUT2D eigenvalue weighted by atomic mass is 19.1. The van der Waals surface area contributed by atoms with E-state index in [2.05, 4.69) is 20.4 Å². The summed E-state index contributed by atoms with van der Waals surface area (Å²) in [5.41, 5.74) is 1.52. The lowest BCUT2D eigenvalue weighted by atomic mass is 10.2. The van der Waals surface area contributed by atoms with Crippen LogP contribution in [-0.2, 0) is 7.05 Å². The van der Waals surface area contributed by atoms with E-state index in [-0.39, 0.29) is 5.69 Å². The molecule has 3 aromatic rings. The Balaban J connectivity index is 2.11. The van der Waals surface area contributed by atoms with Crippen molar-refractivity contribution >= 4 is 22.5 Å². The van der Waals surface area contributed by atoms with Gasteiger partial charge in [0.2, 0.25) is 0 Å². The highest BCUT2D eigenvalue weighted by Gasteiger charge is 2.13. The Labute approximate surface area is 113 Å². The first-order chi connectivity index (χ1) is 9.56. The molecule has 7 heteroatoms. The second-order valence-corrected chi connectivity index (χ2v) is 4.38. The third kappa shape index (κ3) is 1.97. The fraction of sp³-hybridized carbons (Fsp3) is 0.154. The Morgan fingerprint density at radius 3 is 2.75 bits per heavy atom. The number of rotatable bonds is 2. The molecule has 0 radical (unpaired) electrons. The summed E-state index contributed by atoms with van der Waals surface area (Å²) in [6.07, 6.45) is 1.37. The third-order valence-electron chi connectivity index (χ3n) is 2.98. The number of nitrogens with one attached hydrogen (secondary N) is 1. The predicted molar refractivity (Wildman–Crippen MR) is 70.7 cm³/mol. The summed E-state index contributed by atoms with van der Waals surface area (Å²) in [5.74, 6) is -0.872. The summed E-state index contributed by atoms with van der Waals surface area (Å²) in [6.45, 7) is 1.82. The summed E-state index contributed by atoms with van der Waals surface area (Å²) in [7, 11) is 1.77. The van der Waals surface area contributed by atoms with Crippen molar-refractivity contribution in [1.29, 1.82) is 0 Å². The first-order valence-corrected chi connectivity index (χ1v) is 5.92. The van der Waals surface area contributed by atoms with Crippen molar-refractivity contribution in [2.24, 2.45) is 7.05 Å². The smallest absolute Gasteiger partial charge is 0.163 e. The Bertz CT molecular complexity index is 797. The summed E-state index contributed by atoms with van der Waals surface area (Å²) < 4.78 is 28.2. The molecule has 5 nitrogen and oxygen atoms in total. The van der Waals surface area contributed by atoms with E-state index in [1.54, 1.807) is 11.7 Å². The minimum atomic E-state index is -0.682. The Hall–Kier alpha value is -2.57. The summed E-state index contributed by atoms with van der Waals surface area (Å²) in [4.78, 5) is 8.24. The Morgan fingerprint density at radius 1 is 1.20 bits per heavy atom. The summed E-state index contributed by atoms with van der Waals surface area (Å²) in [5, 5.41) is 7.81. The van der Waals surface area contributed by atoms with Crippen LogP contribution in [0.3, 0.4) is 0 Å². The average Bonchev–Trinajstić information content (AvgIpc) is 2.69. The SMILES string of the molecule is Cc1nn(C)c2ncnc(Nc3ccc(F)cc3F)c12. The third-order valence-corrected chi connectivity index (χ3v) is 2.98. The van der Waals surface area contributed by atoms with Crippen LogP contribution in [0.15, 0.2) is 24.5 Å². The lowest BCUT2D eigenvalue weighted by molar-refractivity contribution is 0.586. The maximum atomic E-state index is 13.7. The fourth-order valence-electron chi connectivity index (χ4n) is 2.09. The van der Waals surface area contributed by atoms with Crippen molar-refractivity contribution in [2.45, 2.75) is 6.92 Å². The molecule has 102 valence electrons. The van der Waals surface area contributed by atoms with Crippen molar-refractivity contribution in [3.05, 3.63) is 41.9 Å². The molecule has 2 heterocycles. The molecule has 0 saturated carbocycles. The van der Waals surface area contributed by atoms with Crippen LogP contribution in [0.5, 0.6) is 0 Å². The van der Waals surface area contributed by atoms with Crippen molar-refractivity contribution in [1.82, 2.24) is 19.7 Å². The standard InChI is InChI=1S/C13H11F2N5/c1-7-11-12(16-6-17-13(11)20(2)19-7)18-10-4-3-8(14)5-9(10)15/h3-6H,1-2H3,(H,16,17,18). The van der Waals surface area contributed by atoms with E-state index in [1.165, 1.54) is 18.5 Å². The van der Waals surface area contributed by atoms with Gasteiger partial charge in [-0.05, 0) is 19.1 Å². The first-order valence-electron chi connectivity index (χ1n) is 5.92. The Morgan fingerprint density at radius 2 is 2.00 bits per heavy atom. The van der Waals surface area contributed by atoms with Crippen LogP contribution in [0.2, 0.25) is 0 Å². The number of hydrogen-bond acceptors (Lipinski definition) is 4. The molecule has 0 fully saturated rings. The molecule has 0 bridgehead atoms. The molecule has 0 aliphatic rings. The van der Waals surface area contributed by atoms with Crippen LogP contribution in [0.25, 0.3) is 11.0 Å². The Kier molecular flexibility index (Phi) is 2.81. The number of nitrogens with zero attached hydrogens (tertiary/aromatic N) is 4. The van der Waals surface area contributed by atoms with Gasteiger partial charge < -0.3 is 5.32 Å². The number of hydrogen-bond donors (Lipinski definition) is 1. The minimum Gasteiger partial charge on any atom is -0.337 e. The number of anilines is 2. The van der Waals surface area contributed by atoms with Gasteiger partial charge >= 0.3 is 0 Å². The second kappa shape index (κ2) is 4.52. The molecule has 0 atom stereocenters. The van der Waals surface area contributed by atoms with Crippen molar-refractivity contribution in [3.63, 3.8) is 0 Å². The van der Waals surface area contributed by atoms with Gasteiger partial charge in [0.1, 0.15) is 23.8 Å². The highest BCUT2D eigenvalue weighted by Crippen LogP contribution is 2.26. The van der Waals surface area contributed by atoms with Crippen LogP contribution >= 0.6 is 0 Å². The zero-order chi connectivity index (χ0) is 14.3. The molecule has 0 aliphatic heterocycles. The number of fused-ring (bicyclic) bond motifs is 1. The second-order valence-electron chi connectivity index (χ2n) is 4.38. The molecular weight excluding hydrogens is 264 g/mol. The number of aryl methyl sites for hydroxylation is 2. The topological polar surface area (TPSA) is 55.6 Å². The molecule has 20 heavy (non-hydrogen) atoms. The molecule has 0 spiro atoms. The van der Waals surface area contributed by atoms with Crippen molar-refractivity contribution < 1.29 is 8.78 Å². The fourth-order valence-corrected chi connectivity index (χ4v) is 2.09. The van der Waals surface area contributed by atoms with Gasteiger partial charge in [-0.15, -0.1) is 0 Å². The first kappa shape index (κ1) is 12.5. The van der Waals surface area contributed by atoms with E-state index >= 15 is 0 Å². The minimum absolute atomic E-state index is 0.148. The average molecular weight is 275 g/mol.